The van der Waals surface area contributed by atoms with Crippen LogP contribution in [0.25, 0.3) is 10.8 Å². The molecule has 1 heterocycles. The number of pyridine rings is 1. The Bertz CT molecular complexity index is 1370. The van der Waals surface area contributed by atoms with Crippen molar-refractivity contribution in [1.82, 2.24) is 15.6 Å². The molecule has 0 bridgehead atoms. The second-order valence-electron chi connectivity index (χ2n) is 8.71. The first-order valence-electron chi connectivity index (χ1n) is 12.3. The smallest absolute Gasteiger partial charge is 0.408 e. The first kappa shape index (κ1) is 26.3. The molecule has 4 aromatic rings. The predicted molar refractivity (Wildman–Crippen MR) is 143 cm³/mol. The Kier molecular flexibility index (Phi) is 9.02. The molecule has 4 rings (SSSR count). The summed E-state index contributed by atoms with van der Waals surface area (Å²) in [6.45, 7) is 0.0553. The molecule has 1 aromatic heterocycles. The highest BCUT2D eigenvalue weighted by Gasteiger charge is 2.29. The Morgan fingerprint density at radius 2 is 1.53 bits per heavy atom. The highest BCUT2D eigenvalue weighted by Crippen LogP contribution is 2.20. The lowest BCUT2D eigenvalue weighted by Gasteiger charge is -2.22. The van der Waals surface area contributed by atoms with Crippen LogP contribution in [0.1, 0.15) is 16.8 Å². The summed E-state index contributed by atoms with van der Waals surface area (Å²) >= 11 is 0. The average molecular weight is 512 g/mol. The third-order valence-corrected chi connectivity index (χ3v) is 6.07. The van der Waals surface area contributed by atoms with Crippen molar-refractivity contribution in [2.24, 2.45) is 0 Å². The summed E-state index contributed by atoms with van der Waals surface area (Å²) < 4.78 is 10.3. The molecular formula is C30H29N3O5. The van der Waals surface area contributed by atoms with Crippen molar-refractivity contribution >= 4 is 28.7 Å². The number of rotatable bonds is 10. The predicted octanol–water partition coefficient (Wildman–Crippen LogP) is 3.97. The summed E-state index contributed by atoms with van der Waals surface area (Å²) in [6.07, 6.45) is 1.19. The van der Waals surface area contributed by atoms with Gasteiger partial charge in [-0.15, -0.1) is 0 Å². The SMILES string of the molecule is COC(=O)[C@H](Cc1ccccn1)NC(=O)[C@H](Cc1cccc2ccccc12)NC(=O)OCc1ccccc1. The summed E-state index contributed by atoms with van der Waals surface area (Å²) in [5, 5.41) is 7.40. The van der Waals surface area contributed by atoms with Crippen LogP contribution in [0.3, 0.4) is 0 Å². The van der Waals surface area contributed by atoms with Crippen LogP contribution in [0, 0.1) is 0 Å². The molecule has 0 saturated heterocycles. The van der Waals surface area contributed by atoms with Gasteiger partial charge in [0, 0.05) is 24.7 Å². The van der Waals surface area contributed by atoms with Gasteiger partial charge in [-0.2, -0.15) is 0 Å². The van der Waals surface area contributed by atoms with Gasteiger partial charge >= 0.3 is 12.1 Å². The van der Waals surface area contributed by atoms with Crippen LogP contribution in [-0.2, 0) is 38.5 Å². The fraction of sp³-hybridized carbons (Fsp3) is 0.200. The van der Waals surface area contributed by atoms with Crippen LogP contribution in [0.4, 0.5) is 4.79 Å². The van der Waals surface area contributed by atoms with Gasteiger partial charge in [-0.3, -0.25) is 9.78 Å². The van der Waals surface area contributed by atoms with Gasteiger partial charge < -0.3 is 20.1 Å². The summed E-state index contributed by atoms with van der Waals surface area (Å²) in [5.41, 5.74) is 2.30. The van der Waals surface area contributed by atoms with Crippen molar-refractivity contribution in [2.45, 2.75) is 31.5 Å². The Hall–Kier alpha value is -4.72. The lowest BCUT2D eigenvalue weighted by molar-refractivity contribution is -0.145. The third-order valence-electron chi connectivity index (χ3n) is 6.07. The molecule has 0 aliphatic heterocycles. The van der Waals surface area contributed by atoms with Gasteiger partial charge in [0.05, 0.1) is 7.11 Å². The van der Waals surface area contributed by atoms with Gasteiger partial charge in [-0.05, 0) is 34.0 Å². The molecule has 8 heteroatoms. The van der Waals surface area contributed by atoms with Gasteiger partial charge in [0.2, 0.25) is 5.91 Å². The third kappa shape index (κ3) is 7.16. The lowest BCUT2D eigenvalue weighted by Crippen LogP contribution is -2.53. The Morgan fingerprint density at radius 3 is 2.29 bits per heavy atom. The molecule has 8 nitrogen and oxygen atoms in total. The lowest BCUT2D eigenvalue weighted by atomic mass is 9.98. The van der Waals surface area contributed by atoms with Crippen molar-refractivity contribution in [3.8, 4) is 0 Å². The first-order valence-corrected chi connectivity index (χ1v) is 12.3. The number of aromatic nitrogens is 1. The quantitative estimate of drug-likeness (QED) is 0.312. The van der Waals surface area contributed by atoms with Crippen molar-refractivity contribution in [3.63, 3.8) is 0 Å². The molecule has 0 radical (unpaired) electrons. The van der Waals surface area contributed by atoms with E-state index in [1.165, 1.54) is 7.11 Å². The minimum atomic E-state index is -1.01. The maximum Gasteiger partial charge on any atom is 0.408 e. The number of carbonyl (C=O) groups excluding carboxylic acids is 3. The fourth-order valence-electron chi connectivity index (χ4n) is 4.14. The number of nitrogens with one attached hydrogen (secondary N) is 2. The van der Waals surface area contributed by atoms with Gasteiger partial charge in [-0.1, -0.05) is 78.9 Å². The highest BCUT2D eigenvalue weighted by molar-refractivity contribution is 5.91. The van der Waals surface area contributed by atoms with E-state index in [4.69, 9.17) is 9.47 Å². The molecule has 0 aliphatic carbocycles. The number of carbonyl (C=O) groups is 3. The highest BCUT2D eigenvalue weighted by atomic mass is 16.5. The molecule has 2 N–H and O–H groups in total. The minimum Gasteiger partial charge on any atom is -0.467 e. The molecule has 194 valence electrons. The number of hydrogen-bond acceptors (Lipinski definition) is 6. The van der Waals surface area contributed by atoms with E-state index >= 15 is 0 Å². The fourth-order valence-corrected chi connectivity index (χ4v) is 4.14. The molecule has 0 fully saturated rings. The molecule has 2 amide bonds. The van der Waals surface area contributed by atoms with Gasteiger partial charge in [0.25, 0.3) is 0 Å². The van der Waals surface area contributed by atoms with Crippen LogP contribution >= 0.6 is 0 Å². The monoisotopic (exact) mass is 511 g/mol. The van der Waals surface area contributed by atoms with Crippen LogP contribution in [0.15, 0.2) is 97.2 Å². The maximum absolute atomic E-state index is 13.5. The zero-order valence-electron chi connectivity index (χ0n) is 21.0. The number of ether oxygens (including phenoxy) is 2. The van der Waals surface area contributed by atoms with E-state index in [0.29, 0.717) is 5.69 Å². The standard InChI is InChI=1S/C30H29N3O5/c1-37-29(35)27(19-24-15-7-8-17-31-24)32-28(34)26(33-30(36)38-20-21-10-3-2-4-11-21)18-23-14-9-13-22-12-5-6-16-25(22)23/h2-17,26-27H,18-20H2,1H3,(H,32,34)(H,33,36)/t26-,27-/m0/s1. The molecule has 0 saturated carbocycles. The summed E-state index contributed by atoms with van der Waals surface area (Å²) in [4.78, 5) is 43.0. The topological polar surface area (TPSA) is 107 Å². The van der Waals surface area contributed by atoms with E-state index in [0.717, 1.165) is 21.9 Å². The Morgan fingerprint density at radius 1 is 0.789 bits per heavy atom. The number of hydrogen-bond donors (Lipinski definition) is 2. The number of methoxy groups -OCH3 is 1. The summed E-state index contributed by atoms with van der Waals surface area (Å²) in [6, 6.07) is 26.2. The van der Waals surface area contributed by atoms with Crippen LogP contribution in [0.2, 0.25) is 0 Å². The van der Waals surface area contributed by atoms with Crippen molar-refractivity contribution in [3.05, 3.63) is 114 Å². The van der Waals surface area contributed by atoms with Gasteiger partial charge in [0.1, 0.15) is 18.7 Å². The second kappa shape index (κ2) is 13.0. The van der Waals surface area contributed by atoms with E-state index in [2.05, 4.69) is 15.6 Å². The summed E-state index contributed by atoms with van der Waals surface area (Å²) in [7, 11) is 1.26. The number of nitrogens with zero attached hydrogens (tertiary/aromatic N) is 1. The molecule has 0 unspecified atom stereocenters. The maximum atomic E-state index is 13.5. The van der Waals surface area contributed by atoms with Crippen LogP contribution in [0.5, 0.6) is 0 Å². The van der Waals surface area contributed by atoms with Crippen LogP contribution < -0.4 is 10.6 Å². The zero-order valence-corrected chi connectivity index (χ0v) is 21.0. The normalized spacial score (nSPS) is 12.2. The van der Waals surface area contributed by atoms with Crippen molar-refractivity contribution < 1.29 is 23.9 Å². The van der Waals surface area contributed by atoms with E-state index in [1.807, 2.05) is 72.8 Å². The average Bonchev–Trinajstić information content (AvgIpc) is 2.96. The second-order valence-corrected chi connectivity index (χ2v) is 8.71. The minimum absolute atomic E-state index is 0.0553. The van der Waals surface area contributed by atoms with E-state index < -0.39 is 30.1 Å². The zero-order chi connectivity index (χ0) is 26.7. The van der Waals surface area contributed by atoms with E-state index in [9.17, 15) is 14.4 Å². The Balaban J connectivity index is 1.54. The van der Waals surface area contributed by atoms with Gasteiger partial charge in [0.15, 0.2) is 0 Å². The number of alkyl carbamates (subject to hydrolysis) is 1. The number of esters is 1. The van der Waals surface area contributed by atoms with Crippen LogP contribution in [-0.4, -0.2) is 42.1 Å². The molecule has 0 aliphatic rings. The van der Waals surface area contributed by atoms with Gasteiger partial charge in [-0.25, -0.2) is 9.59 Å². The number of amides is 2. The number of fused-ring (bicyclic) bond motifs is 1. The van der Waals surface area contributed by atoms with E-state index in [-0.39, 0.29) is 19.4 Å². The molecule has 0 spiro atoms. The first-order chi connectivity index (χ1) is 18.5. The molecule has 3 aromatic carbocycles. The molecule has 2 atom stereocenters. The Labute approximate surface area is 221 Å². The summed E-state index contributed by atoms with van der Waals surface area (Å²) in [5.74, 6) is -1.15. The largest absolute Gasteiger partial charge is 0.467 e. The molecule has 38 heavy (non-hydrogen) atoms. The van der Waals surface area contributed by atoms with Crippen molar-refractivity contribution in [2.75, 3.05) is 7.11 Å². The number of benzene rings is 3. The van der Waals surface area contributed by atoms with Crippen molar-refractivity contribution in [1.29, 1.82) is 0 Å². The molecular weight excluding hydrogens is 482 g/mol. The van der Waals surface area contributed by atoms with E-state index in [1.54, 1.807) is 24.4 Å².